The van der Waals surface area contributed by atoms with Crippen LogP contribution in [-0.2, 0) is 17.5 Å². The molecule has 1 aromatic rings. The molecular weight excluding hydrogens is 273 g/mol. The number of rotatable bonds is 3. The summed E-state index contributed by atoms with van der Waals surface area (Å²) in [6, 6.07) is 4.18. The van der Waals surface area contributed by atoms with Crippen molar-refractivity contribution in [3.63, 3.8) is 0 Å². The minimum atomic E-state index is -4.35. The van der Waals surface area contributed by atoms with Gasteiger partial charge in [0.25, 0.3) is 0 Å². The van der Waals surface area contributed by atoms with E-state index in [-0.39, 0.29) is 0 Å². The maximum Gasteiger partial charge on any atom is 0.416 e. The Morgan fingerprint density at radius 1 is 1.35 bits per heavy atom. The summed E-state index contributed by atoms with van der Waals surface area (Å²) in [4.78, 5) is 12.9. The number of nitrogens with one attached hydrogen (secondary N) is 1. The predicted octanol–water partition coefficient (Wildman–Crippen LogP) is 1.56. The fourth-order valence-electron chi connectivity index (χ4n) is 2.21. The summed E-state index contributed by atoms with van der Waals surface area (Å²) < 4.78 is 37.3. The quantitative estimate of drug-likeness (QED) is 0.886. The van der Waals surface area contributed by atoms with Crippen molar-refractivity contribution in [2.45, 2.75) is 18.8 Å². The average molecular weight is 288 g/mol. The molecule has 1 heterocycles. The molecule has 0 radical (unpaired) electrons. The van der Waals surface area contributed by atoms with Crippen molar-refractivity contribution in [3.8, 4) is 0 Å². The van der Waals surface area contributed by atoms with Gasteiger partial charge < -0.3 is 10.4 Å². The van der Waals surface area contributed by atoms with Gasteiger partial charge in [0.2, 0.25) is 0 Å². The standard InChI is InChI=1S/C13H15F3N2O2/c14-13(15,16)10-3-1-9(2-4-10)8-18-6-5-17-7-11(18)12(19)20/h1-4,11,17H,5-8H2,(H,19,20). The minimum Gasteiger partial charge on any atom is -0.480 e. The summed E-state index contributed by atoms with van der Waals surface area (Å²) in [5, 5.41) is 12.1. The van der Waals surface area contributed by atoms with Gasteiger partial charge in [0.15, 0.2) is 0 Å². The first-order valence-electron chi connectivity index (χ1n) is 6.21. The van der Waals surface area contributed by atoms with E-state index in [1.807, 2.05) is 0 Å². The number of nitrogens with zero attached hydrogens (tertiary/aromatic N) is 1. The van der Waals surface area contributed by atoms with Crippen LogP contribution in [0.2, 0.25) is 0 Å². The third-order valence-electron chi connectivity index (χ3n) is 3.31. The van der Waals surface area contributed by atoms with Gasteiger partial charge in [0.1, 0.15) is 6.04 Å². The topological polar surface area (TPSA) is 52.6 Å². The zero-order valence-corrected chi connectivity index (χ0v) is 10.7. The SMILES string of the molecule is O=C(O)C1CNCCN1Cc1ccc(C(F)(F)F)cc1. The number of alkyl halides is 3. The van der Waals surface area contributed by atoms with Crippen LogP contribution in [0, 0.1) is 0 Å². The van der Waals surface area contributed by atoms with Crippen molar-refractivity contribution in [1.82, 2.24) is 10.2 Å². The zero-order valence-electron chi connectivity index (χ0n) is 10.7. The molecule has 0 amide bonds. The Kier molecular flexibility index (Phi) is 4.29. The van der Waals surface area contributed by atoms with Crippen molar-refractivity contribution in [2.75, 3.05) is 19.6 Å². The molecular formula is C13H15F3N2O2. The van der Waals surface area contributed by atoms with Gasteiger partial charge in [-0.15, -0.1) is 0 Å². The third kappa shape index (κ3) is 3.49. The van der Waals surface area contributed by atoms with E-state index in [0.29, 0.717) is 31.7 Å². The summed E-state index contributed by atoms with van der Waals surface area (Å²) in [5.41, 5.74) is -0.0255. The molecule has 7 heteroatoms. The molecule has 1 aliphatic rings. The Balaban J connectivity index is 2.07. The van der Waals surface area contributed by atoms with Gasteiger partial charge in [-0.2, -0.15) is 13.2 Å². The Hall–Kier alpha value is -1.60. The van der Waals surface area contributed by atoms with Crippen molar-refractivity contribution < 1.29 is 23.1 Å². The number of aliphatic carboxylic acids is 1. The highest BCUT2D eigenvalue weighted by atomic mass is 19.4. The maximum atomic E-state index is 12.4. The van der Waals surface area contributed by atoms with Crippen LogP contribution in [0.4, 0.5) is 13.2 Å². The lowest BCUT2D eigenvalue weighted by atomic mass is 10.1. The number of hydrogen-bond acceptors (Lipinski definition) is 3. The molecule has 1 atom stereocenters. The van der Waals surface area contributed by atoms with Crippen LogP contribution >= 0.6 is 0 Å². The molecule has 1 fully saturated rings. The van der Waals surface area contributed by atoms with E-state index in [9.17, 15) is 18.0 Å². The Morgan fingerprint density at radius 3 is 2.55 bits per heavy atom. The van der Waals surface area contributed by atoms with E-state index in [0.717, 1.165) is 12.1 Å². The van der Waals surface area contributed by atoms with Gasteiger partial charge in [-0.25, -0.2) is 0 Å². The molecule has 0 aliphatic carbocycles. The highest BCUT2D eigenvalue weighted by molar-refractivity contribution is 5.74. The first-order chi connectivity index (χ1) is 9.38. The van der Waals surface area contributed by atoms with Crippen LogP contribution in [0.25, 0.3) is 0 Å². The number of hydrogen-bond donors (Lipinski definition) is 2. The highest BCUT2D eigenvalue weighted by Crippen LogP contribution is 2.29. The van der Waals surface area contributed by atoms with E-state index in [1.54, 1.807) is 4.90 Å². The van der Waals surface area contributed by atoms with E-state index in [1.165, 1.54) is 12.1 Å². The van der Waals surface area contributed by atoms with Crippen LogP contribution in [0.5, 0.6) is 0 Å². The second-order valence-corrected chi connectivity index (χ2v) is 4.72. The molecule has 0 saturated carbocycles. The van der Waals surface area contributed by atoms with Gasteiger partial charge >= 0.3 is 12.1 Å². The lowest BCUT2D eigenvalue weighted by Crippen LogP contribution is -2.54. The molecule has 4 nitrogen and oxygen atoms in total. The van der Waals surface area contributed by atoms with Gasteiger partial charge in [-0.1, -0.05) is 12.1 Å². The molecule has 1 aliphatic heterocycles. The van der Waals surface area contributed by atoms with E-state index in [2.05, 4.69) is 5.32 Å². The lowest BCUT2D eigenvalue weighted by molar-refractivity contribution is -0.144. The largest absolute Gasteiger partial charge is 0.480 e. The third-order valence-corrected chi connectivity index (χ3v) is 3.31. The molecule has 0 bridgehead atoms. The molecule has 110 valence electrons. The minimum absolute atomic E-state index is 0.330. The van der Waals surface area contributed by atoms with E-state index in [4.69, 9.17) is 5.11 Å². The number of benzene rings is 1. The first-order valence-corrected chi connectivity index (χ1v) is 6.21. The second-order valence-electron chi connectivity index (χ2n) is 4.72. The Bertz CT molecular complexity index is 473. The normalized spacial score (nSPS) is 20.9. The fourth-order valence-corrected chi connectivity index (χ4v) is 2.21. The molecule has 2 rings (SSSR count). The second kappa shape index (κ2) is 5.80. The van der Waals surface area contributed by atoms with Crippen molar-refractivity contribution in [2.24, 2.45) is 0 Å². The lowest BCUT2D eigenvalue weighted by Gasteiger charge is -2.33. The summed E-state index contributed by atoms with van der Waals surface area (Å²) in [7, 11) is 0. The number of carboxylic acid groups (broad SMARTS) is 1. The number of carboxylic acids is 1. The van der Waals surface area contributed by atoms with Gasteiger partial charge in [-0.3, -0.25) is 9.69 Å². The zero-order chi connectivity index (χ0) is 14.8. The van der Waals surface area contributed by atoms with E-state index < -0.39 is 23.8 Å². The van der Waals surface area contributed by atoms with Crippen LogP contribution in [0.15, 0.2) is 24.3 Å². The molecule has 20 heavy (non-hydrogen) atoms. The van der Waals surface area contributed by atoms with Crippen LogP contribution < -0.4 is 5.32 Å². The molecule has 0 spiro atoms. The molecule has 0 aromatic heterocycles. The van der Waals surface area contributed by atoms with Crippen molar-refractivity contribution >= 4 is 5.97 Å². The monoisotopic (exact) mass is 288 g/mol. The number of carbonyl (C=O) groups is 1. The van der Waals surface area contributed by atoms with Crippen LogP contribution in [0.3, 0.4) is 0 Å². The Labute approximate surface area is 114 Å². The fraction of sp³-hybridized carbons (Fsp3) is 0.462. The van der Waals surface area contributed by atoms with Gasteiger partial charge in [-0.05, 0) is 17.7 Å². The molecule has 1 aromatic carbocycles. The van der Waals surface area contributed by atoms with E-state index >= 15 is 0 Å². The number of piperazine rings is 1. The van der Waals surface area contributed by atoms with Gasteiger partial charge in [0, 0.05) is 26.2 Å². The molecule has 2 N–H and O–H groups in total. The highest BCUT2D eigenvalue weighted by Gasteiger charge is 2.31. The summed E-state index contributed by atoms with van der Waals surface area (Å²) in [6.07, 6.45) is -4.35. The predicted molar refractivity (Wildman–Crippen MR) is 66.1 cm³/mol. The summed E-state index contributed by atoms with van der Waals surface area (Å²) >= 11 is 0. The van der Waals surface area contributed by atoms with Crippen LogP contribution in [0.1, 0.15) is 11.1 Å². The van der Waals surface area contributed by atoms with Crippen LogP contribution in [-0.4, -0.2) is 41.7 Å². The Morgan fingerprint density at radius 2 is 2.00 bits per heavy atom. The first kappa shape index (κ1) is 14.8. The van der Waals surface area contributed by atoms with Crippen molar-refractivity contribution in [1.29, 1.82) is 0 Å². The summed E-state index contributed by atoms with van der Waals surface area (Å²) in [6.45, 7) is 1.90. The summed E-state index contributed by atoms with van der Waals surface area (Å²) in [5.74, 6) is -0.927. The number of halogens is 3. The average Bonchev–Trinajstić information content (AvgIpc) is 2.38. The van der Waals surface area contributed by atoms with Gasteiger partial charge in [0.05, 0.1) is 5.56 Å². The molecule has 1 unspecified atom stereocenters. The maximum absolute atomic E-state index is 12.4. The van der Waals surface area contributed by atoms with Crippen molar-refractivity contribution in [3.05, 3.63) is 35.4 Å². The molecule has 1 saturated heterocycles. The smallest absolute Gasteiger partial charge is 0.416 e.